The van der Waals surface area contributed by atoms with E-state index < -0.39 is 15.9 Å². The van der Waals surface area contributed by atoms with Gasteiger partial charge in [0.25, 0.3) is 15.9 Å². The van der Waals surface area contributed by atoms with E-state index >= 15 is 0 Å². The number of carbonyl (C=O) groups is 2. The molecule has 33 heavy (non-hydrogen) atoms. The minimum Gasteiger partial charge on any atom is -0.348 e. The van der Waals surface area contributed by atoms with Crippen LogP contribution in [0.1, 0.15) is 29.8 Å². The summed E-state index contributed by atoms with van der Waals surface area (Å²) < 4.78 is 27.9. The van der Waals surface area contributed by atoms with Crippen LogP contribution in [0.25, 0.3) is 0 Å². The average Bonchev–Trinajstić information content (AvgIpc) is 2.78. The van der Waals surface area contributed by atoms with Crippen molar-refractivity contribution in [3.8, 4) is 0 Å². The van der Waals surface area contributed by atoms with E-state index in [2.05, 4.69) is 15.4 Å². The van der Waals surface area contributed by atoms with Crippen molar-refractivity contribution in [3.63, 3.8) is 0 Å². The van der Waals surface area contributed by atoms with Gasteiger partial charge in [-0.1, -0.05) is 49.7 Å². The fraction of sp³-hybridized carbons (Fsp3) is 0.167. The summed E-state index contributed by atoms with van der Waals surface area (Å²) in [4.78, 5) is 24.8. The van der Waals surface area contributed by atoms with E-state index in [1.165, 1.54) is 36.4 Å². The molecule has 0 radical (unpaired) electrons. The number of sulfonamides is 1. The number of rotatable bonds is 8. The minimum atomic E-state index is -3.91. The van der Waals surface area contributed by atoms with Gasteiger partial charge in [-0.25, -0.2) is 8.42 Å². The van der Waals surface area contributed by atoms with Gasteiger partial charge in [0.1, 0.15) is 0 Å². The SMILES string of the molecule is CC(C)C(=O)Nc1cccc(CNC(=O)c2ccccc2NS(=O)(=O)c2ccc(Cl)cc2)c1. The van der Waals surface area contributed by atoms with Gasteiger partial charge < -0.3 is 10.6 Å². The number of carbonyl (C=O) groups excluding carboxylic acids is 2. The maximum absolute atomic E-state index is 12.8. The Labute approximate surface area is 198 Å². The molecule has 3 rings (SSSR count). The highest BCUT2D eigenvalue weighted by molar-refractivity contribution is 7.92. The highest BCUT2D eigenvalue weighted by Crippen LogP contribution is 2.22. The Kier molecular flexibility index (Phi) is 7.73. The molecule has 3 aromatic carbocycles. The maximum atomic E-state index is 12.8. The van der Waals surface area contributed by atoms with Gasteiger partial charge in [-0.05, 0) is 54.1 Å². The Morgan fingerprint density at radius 1 is 0.939 bits per heavy atom. The van der Waals surface area contributed by atoms with E-state index in [4.69, 9.17) is 11.6 Å². The van der Waals surface area contributed by atoms with E-state index in [0.29, 0.717) is 10.7 Å². The van der Waals surface area contributed by atoms with Crippen LogP contribution in [-0.2, 0) is 21.4 Å². The van der Waals surface area contributed by atoms with Crippen LogP contribution in [0.2, 0.25) is 5.02 Å². The molecular formula is C24H24ClN3O4S. The number of anilines is 2. The normalized spacial score (nSPS) is 11.2. The van der Waals surface area contributed by atoms with Crippen LogP contribution >= 0.6 is 11.6 Å². The molecule has 0 unspecified atom stereocenters. The third-order valence-electron chi connectivity index (χ3n) is 4.71. The van der Waals surface area contributed by atoms with E-state index in [9.17, 15) is 18.0 Å². The summed E-state index contributed by atoms with van der Waals surface area (Å²) in [5, 5.41) is 6.02. The second-order valence-electron chi connectivity index (χ2n) is 7.63. The summed E-state index contributed by atoms with van der Waals surface area (Å²) in [6.45, 7) is 3.80. The number of nitrogens with one attached hydrogen (secondary N) is 3. The molecule has 0 aliphatic rings. The monoisotopic (exact) mass is 485 g/mol. The molecule has 0 saturated carbocycles. The van der Waals surface area contributed by atoms with Crippen LogP contribution in [0, 0.1) is 5.92 Å². The molecule has 0 aromatic heterocycles. The predicted octanol–water partition coefficient (Wildman–Crippen LogP) is 4.67. The van der Waals surface area contributed by atoms with E-state index in [-0.39, 0.29) is 34.5 Å². The zero-order valence-corrected chi connectivity index (χ0v) is 19.7. The second-order valence-corrected chi connectivity index (χ2v) is 9.75. The van der Waals surface area contributed by atoms with Gasteiger partial charge in [-0.15, -0.1) is 0 Å². The van der Waals surface area contributed by atoms with E-state index in [1.54, 1.807) is 44.2 Å². The molecule has 0 heterocycles. The lowest BCUT2D eigenvalue weighted by Crippen LogP contribution is -2.25. The van der Waals surface area contributed by atoms with Gasteiger partial charge in [0.2, 0.25) is 5.91 Å². The summed E-state index contributed by atoms with van der Waals surface area (Å²) in [6.07, 6.45) is 0. The zero-order chi connectivity index (χ0) is 24.0. The van der Waals surface area contributed by atoms with Crippen LogP contribution in [-0.4, -0.2) is 20.2 Å². The topological polar surface area (TPSA) is 104 Å². The molecule has 3 aromatic rings. The van der Waals surface area contributed by atoms with Crippen molar-refractivity contribution in [2.24, 2.45) is 5.92 Å². The number of amides is 2. The van der Waals surface area contributed by atoms with E-state index in [1.807, 2.05) is 6.07 Å². The zero-order valence-electron chi connectivity index (χ0n) is 18.1. The molecule has 7 nitrogen and oxygen atoms in total. The fourth-order valence-electron chi connectivity index (χ4n) is 2.91. The Hall–Kier alpha value is -3.36. The first-order valence-corrected chi connectivity index (χ1v) is 12.1. The van der Waals surface area contributed by atoms with Crippen molar-refractivity contribution < 1.29 is 18.0 Å². The molecule has 2 amide bonds. The minimum absolute atomic E-state index is 0.0300. The fourth-order valence-corrected chi connectivity index (χ4v) is 4.12. The number of hydrogen-bond donors (Lipinski definition) is 3. The Balaban J connectivity index is 1.72. The van der Waals surface area contributed by atoms with Gasteiger partial charge in [0.05, 0.1) is 16.1 Å². The Bertz CT molecular complexity index is 1260. The summed E-state index contributed by atoms with van der Waals surface area (Å²) in [5.41, 5.74) is 1.75. The number of benzene rings is 3. The van der Waals surface area contributed by atoms with Crippen molar-refractivity contribution in [1.29, 1.82) is 0 Å². The molecule has 0 aliphatic carbocycles. The first kappa shape index (κ1) is 24.3. The molecule has 172 valence electrons. The molecule has 0 atom stereocenters. The second kappa shape index (κ2) is 10.5. The molecular weight excluding hydrogens is 462 g/mol. The highest BCUT2D eigenvalue weighted by Gasteiger charge is 2.18. The third kappa shape index (κ3) is 6.57. The van der Waals surface area contributed by atoms with E-state index in [0.717, 1.165) is 5.56 Å². The summed E-state index contributed by atoms with van der Waals surface area (Å²) >= 11 is 5.83. The van der Waals surface area contributed by atoms with Gasteiger partial charge in [-0.2, -0.15) is 0 Å². The smallest absolute Gasteiger partial charge is 0.261 e. The van der Waals surface area contributed by atoms with Crippen LogP contribution in [0.3, 0.4) is 0 Å². The lowest BCUT2D eigenvalue weighted by molar-refractivity contribution is -0.118. The molecule has 3 N–H and O–H groups in total. The highest BCUT2D eigenvalue weighted by atomic mass is 35.5. The average molecular weight is 486 g/mol. The molecule has 0 fully saturated rings. The number of halogens is 1. The lowest BCUT2D eigenvalue weighted by Gasteiger charge is -2.13. The van der Waals surface area contributed by atoms with Crippen LogP contribution in [0.15, 0.2) is 77.7 Å². The number of para-hydroxylation sites is 1. The molecule has 0 bridgehead atoms. The standard InChI is InChI=1S/C24H24ClN3O4S/c1-16(2)23(29)27-19-7-5-6-17(14-19)15-26-24(30)21-8-3-4-9-22(21)28-33(31,32)20-12-10-18(25)11-13-20/h3-14,16,28H,15H2,1-2H3,(H,26,30)(H,27,29). The third-order valence-corrected chi connectivity index (χ3v) is 6.35. The van der Waals surface area contributed by atoms with Crippen molar-refractivity contribution in [2.75, 3.05) is 10.0 Å². The maximum Gasteiger partial charge on any atom is 0.261 e. The predicted molar refractivity (Wildman–Crippen MR) is 130 cm³/mol. The first-order valence-electron chi connectivity index (χ1n) is 10.2. The lowest BCUT2D eigenvalue weighted by atomic mass is 10.1. The van der Waals surface area contributed by atoms with Crippen molar-refractivity contribution in [3.05, 3.63) is 88.9 Å². The number of hydrogen-bond acceptors (Lipinski definition) is 4. The molecule has 0 spiro atoms. The summed E-state index contributed by atoms with van der Waals surface area (Å²) in [7, 11) is -3.91. The molecule has 9 heteroatoms. The van der Waals surface area contributed by atoms with Crippen LogP contribution in [0.5, 0.6) is 0 Å². The molecule has 0 saturated heterocycles. The van der Waals surface area contributed by atoms with Crippen molar-refractivity contribution in [2.45, 2.75) is 25.3 Å². The molecule has 0 aliphatic heterocycles. The Morgan fingerprint density at radius 3 is 2.33 bits per heavy atom. The van der Waals surface area contributed by atoms with Crippen molar-refractivity contribution in [1.82, 2.24) is 5.32 Å². The van der Waals surface area contributed by atoms with Gasteiger partial charge in [0, 0.05) is 23.2 Å². The van der Waals surface area contributed by atoms with Crippen LogP contribution < -0.4 is 15.4 Å². The van der Waals surface area contributed by atoms with Gasteiger partial charge >= 0.3 is 0 Å². The van der Waals surface area contributed by atoms with Gasteiger partial charge in [-0.3, -0.25) is 14.3 Å². The van der Waals surface area contributed by atoms with Crippen molar-refractivity contribution >= 4 is 44.8 Å². The largest absolute Gasteiger partial charge is 0.348 e. The Morgan fingerprint density at radius 2 is 1.64 bits per heavy atom. The first-order chi connectivity index (χ1) is 15.7. The van der Waals surface area contributed by atoms with Crippen LogP contribution in [0.4, 0.5) is 11.4 Å². The summed E-state index contributed by atoms with van der Waals surface area (Å²) in [5.74, 6) is -0.694. The summed E-state index contributed by atoms with van der Waals surface area (Å²) in [6, 6.07) is 19.2. The quantitative estimate of drug-likeness (QED) is 0.431. The van der Waals surface area contributed by atoms with Gasteiger partial charge in [0.15, 0.2) is 0 Å².